The van der Waals surface area contributed by atoms with Crippen molar-refractivity contribution in [2.45, 2.75) is 25.2 Å². The van der Waals surface area contributed by atoms with Crippen molar-refractivity contribution >= 4 is 54.3 Å². The Hall–Kier alpha value is -7.74. The minimum Gasteiger partial charge on any atom is -0.456 e. The summed E-state index contributed by atoms with van der Waals surface area (Å²) in [5, 5.41) is 9.72. The van der Waals surface area contributed by atoms with Gasteiger partial charge >= 0.3 is 0 Å². The van der Waals surface area contributed by atoms with Gasteiger partial charge in [0.2, 0.25) is 0 Å². The van der Waals surface area contributed by atoms with Crippen molar-refractivity contribution in [1.82, 2.24) is 0 Å². The summed E-state index contributed by atoms with van der Waals surface area (Å²) in [6, 6.07) is 72.3. The van der Waals surface area contributed by atoms with Crippen LogP contribution in [0.3, 0.4) is 0 Å². The van der Waals surface area contributed by atoms with E-state index in [0.29, 0.717) is 0 Å². The average molecular weight is 803 g/mol. The van der Waals surface area contributed by atoms with Crippen LogP contribution in [0.1, 0.15) is 35.1 Å². The Morgan fingerprint density at radius 1 is 0.429 bits per heavy atom. The Kier molecular flexibility index (Phi) is 7.93. The lowest BCUT2D eigenvalue weighted by atomic mass is 9.65. The minimum atomic E-state index is -0.432. The third-order valence-electron chi connectivity index (χ3n) is 14.0. The van der Waals surface area contributed by atoms with Crippen LogP contribution in [0.5, 0.6) is 0 Å². The van der Waals surface area contributed by atoms with Gasteiger partial charge in [0.15, 0.2) is 0 Å². The van der Waals surface area contributed by atoms with Crippen LogP contribution in [-0.4, -0.2) is 0 Å². The second-order valence-corrected chi connectivity index (χ2v) is 17.5. The van der Waals surface area contributed by atoms with Crippen molar-refractivity contribution in [2.75, 3.05) is 0 Å². The van der Waals surface area contributed by atoms with Crippen LogP contribution in [0.25, 0.3) is 98.8 Å². The molecule has 0 spiro atoms. The van der Waals surface area contributed by atoms with Crippen molar-refractivity contribution < 1.29 is 4.42 Å². The normalized spacial score (nSPS) is 15.7. The Morgan fingerprint density at radius 3 is 1.78 bits per heavy atom. The first-order valence-electron chi connectivity index (χ1n) is 22.2. The maximum absolute atomic E-state index is 6.46. The molecule has 1 nitrogen and oxygen atoms in total. The predicted molar refractivity (Wildman–Crippen MR) is 265 cm³/mol. The highest BCUT2D eigenvalue weighted by atomic mass is 16.3. The van der Waals surface area contributed by atoms with Crippen LogP contribution >= 0.6 is 0 Å². The van der Waals surface area contributed by atoms with Crippen LogP contribution in [0, 0.1) is 6.92 Å². The fourth-order valence-electron chi connectivity index (χ4n) is 11.3. The maximum atomic E-state index is 6.46. The van der Waals surface area contributed by atoms with E-state index < -0.39 is 5.41 Å². The standard InChI is InChI=1S/C62H42O/c1-39-15-13-20-46(35-39)62(45-18-3-2-4-19-45)55-27-12-11-21-48(55)49-34-33-44(37-56(49)62)60-52-24-9-7-22-50(52)59(51-23-8-10-25-53(51)60)41-31-29-40(30-32-41)47-26-14-28-57-61(47)54-36-42-16-5-6-17-43(42)38-58(54)63-57/h3,5-38H,2,4H2,1H3. The van der Waals surface area contributed by atoms with Crippen LogP contribution in [0.15, 0.2) is 222 Å². The Bertz CT molecular complexity index is 3690. The first-order chi connectivity index (χ1) is 31.1. The van der Waals surface area contributed by atoms with Crippen molar-refractivity contribution in [3.63, 3.8) is 0 Å². The Labute approximate surface area is 366 Å². The van der Waals surface area contributed by atoms with E-state index in [1.165, 1.54) is 105 Å². The van der Waals surface area contributed by atoms with Gasteiger partial charge in [-0.25, -0.2) is 0 Å². The van der Waals surface area contributed by atoms with Gasteiger partial charge in [0.25, 0.3) is 0 Å². The Balaban J connectivity index is 1.00. The highest BCUT2D eigenvalue weighted by molar-refractivity contribution is 6.22. The topological polar surface area (TPSA) is 13.1 Å². The van der Waals surface area contributed by atoms with Crippen molar-refractivity contribution in [2.24, 2.45) is 0 Å². The number of furan rings is 1. The number of allylic oxidation sites excluding steroid dienone is 4. The largest absolute Gasteiger partial charge is 0.456 e. The van der Waals surface area contributed by atoms with Gasteiger partial charge in [-0.3, -0.25) is 0 Å². The number of hydrogen-bond acceptors (Lipinski definition) is 1. The van der Waals surface area contributed by atoms with Gasteiger partial charge in [-0.15, -0.1) is 0 Å². The van der Waals surface area contributed by atoms with E-state index in [0.717, 1.165) is 34.8 Å². The highest BCUT2D eigenvalue weighted by Gasteiger charge is 2.47. The number of aryl methyl sites for hydroxylation is 1. The van der Waals surface area contributed by atoms with Crippen LogP contribution in [0.4, 0.5) is 0 Å². The van der Waals surface area contributed by atoms with Crippen LogP contribution in [0.2, 0.25) is 0 Å². The van der Waals surface area contributed by atoms with Gasteiger partial charge in [0.1, 0.15) is 11.2 Å². The number of hydrogen-bond donors (Lipinski definition) is 0. The second-order valence-electron chi connectivity index (χ2n) is 17.5. The molecule has 10 aromatic carbocycles. The predicted octanol–water partition coefficient (Wildman–Crippen LogP) is 16.9. The SMILES string of the molecule is Cc1cccc(C2(C3=CCCC=C3)c3ccccc3-c3ccc(-c4c5ccccc5c(-c5ccc(-c6cccc7oc8cc9ccccc9cc8c67)cc5)c5ccccc45)cc32)c1. The second kappa shape index (κ2) is 13.9. The lowest BCUT2D eigenvalue weighted by Crippen LogP contribution is -2.29. The van der Waals surface area contributed by atoms with Crippen molar-refractivity contribution in [1.29, 1.82) is 0 Å². The first kappa shape index (κ1) is 36.0. The summed E-state index contributed by atoms with van der Waals surface area (Å²) in [4.78, 5) is 0. The molecular weight excluding hydrogens is 761 g/mol. The molecule has 0 saturated carbocycles. The maximum Gasteiger partial charge on any atom is 0.136 e. The lowest BCUT2D eigenvalue weighted by Gasteiger charge is -2.36. The smallest absolute Gasteiger partial charge is 0.136 e. The lowest BCUT2D eigenvalue weighted by molar-refractivity contribution is 0.669. The molecule has 0 radical (unpaired) electrons. The number of benzene rings is 10. The summed E-state index contributed by atoms with van der Waals surface area (Å²) in [7, 11) is 0. The average Bonchev–Trinajstić information content (AvgIpc) is 3.85. The molecule has 0 fully saturated rings. The fraction of sp³-hybridized carbons (Fsp3) is 0.0645. The molecule has 0 N–H and O–H groups in total. The summed E-state index contributed by atoms with van der Waals surface area (Å²) in [5.41, 5.74) is 18.0. The van der Waals surface area contributed by atoms with Gasteiger partial charge in [0, 0.05) is 10.8 Å². The zero-order chi connectivity index (χ0) is 41.6. The molecule has 1 heteroatoms. The van der Waals surface area contributed by atoms with E-state index in [4.69, 9.17) is 4.42 Å². The number of fused-ring (bicyclic) bond motifs is 9. The van der Waals surface area contributed by atoms with Gasteiger partial charge in [-0.05, 0) is 143 Å². The molecule has 0 saturated heterocycles. The zero-order valence-corrected chi connectivity index (χ0v) is 35.0. The van der Waals surface area contributed by atoms with Gasteiger partial charge in [-0.1, -0.05) is 194 Å². The highest BCUT2D eigenvalue weighted by Crippen LogP contribution is 2.58. The van der Waals surface area contributed by atoms with E-state index in [9.17, 15) is 0 Å². The fourth-order valence-corrected chi connectivity index (χ4v) is 11.3. The molecule has 0 amide bonds. The van der Waals surface area contributed by atoms with Gasteiger partial charge in [0.05, 0.1) is 5.41 Å². The molecule has 1 atom stereocenters. The zero-order valence-electron chi connectivity index (χ0n) is 35.0. The van der Waals surface area contributed by atoms with E-state index in [1.807, 2.05) is 0 Å². The Morgan fingerprint density at radius 2 is 1.05 bits per heavy atom. The monoisotopic (exact) mass is 802 g/mol. The minimum absolute atomic E-state index is 0.432. The molecular formula is C62H42O. The molecule has 13 rings (SSSR count). The van der Waals surface area contributed by atoms with E-state index in [-0.39, 0.29) is 0 Å². The van der Waals surface area contributed by atoms with Crippen molar-refractivity contribution in [3.05, 3.63) is 240 Å². The third kappa shape index (κ3) is 5.30. The summed E-state index contributed by atoms with van der Waals surface area (Å²) in [6.07, 6.45) is 9.37. The van der Waals surface area contributed by atoms with Crippen LogP contribution < -0.4 is 0 Å². The summed E-state index contributed by atoms with van der Waals surface area (Å²) in [5.74, 6) is 0. The summed E-state index contributed by atoms with van der Waals surface area (Å²) < 4.78 is 6.46. The van der Waals surface area contributed by atoms with Crippen LogP contribution in [-0.2, 0) is 5.41 Å². The molecule has 296 valence electrons. The third-order valence-corrected chi connectivity index (χ3v) is 14.0. The molecule has 11 aromatic rings. The molecule has 2 aliphatic rings. The molecule has 1 heterocycles. The molecule has 1 unspecified atom stereocenters. The summed E-state index contributed by atoms with van der Waals surface area (Å²) in [6.45, 7) is 2.22. The van der Waals surface area contributed by atoms with E-state index in [2.05, 4.69) is 219 Å². The molecule has 1 aromatic heterocycles. The van der Waals surface area contributed by atoms with Crippen molar-refractivity contribution in [3.8, 4) is 44.5 Å². The molecule has 0 bridgehead atoms. The molecule has 63 heavy (non-hydrogen) atoms. The quantitative estimate of drug-likeness (QED) is 0.158. The number of rotatable bonds is 5. The summed E-state index contributed by atoms with van der Waals surface area (Å²) >= 11 is 0. The molecule has 0 aliphatic heterocycles. The van der Waals surface area contributed by atoms with Gasteiger partial charge < -0.3 is 4.42 Å². The van der Waals surface area contributed by atoms with E-state index >= 15 is 0 Å². The van der Waals surface area contributed by atoms with Gasteiger partial charge in [-0.2, -0.15) is 0 Å². The molecule has 2 aliphatic carbocycles. The van der Waals surface area contributed by atoms with E-state index in [1.54, 1.807) is 0 Å². The first-order valence-corrected chi connectivity index (χ1v) is 22.2.